The van der Waals surface area contributed by atoms with Gasteiger partial charge in [0.25, 0.3) is 0 Å². The lowest BCUT2D eigenvalue weighted by Gasteiger charge is -2.33. The fourth-order valence-corrected chi connectivity index (χ4v) is 3.59. The van der Waals surface area contributed by atoms with Gasteiger partial charge >= 0.3 is 0 Å². The number of fused-ring (bicyclic) bond motifs is 2. The van der Waals surface area contributed by atoms with Gasteiger partial charge in [0.2, 0.25) is 0 Å². The van der Waals surface area contributed by atoms with Crippen LogP contribution in [0.3, 0.4) is 0 Å². The third kappa shape index (κ3) is 2.69. The van der Waals surface area contributed by atoms with Crippen molar-refractivity contribution in [2.45, 2.75) is 50.2 Å². The second kappa shape index (κ2) is 5.37. The summed E-state index contributed by atoms with van der Waals surface area (Å²) < 4.78 is 39.8. The SMILES string of the molecule is N[C@@H](Cc1cc(F)c(F)cc1F)C1C[C@H]2CC[C@@H](C1)N2. The van der Waals surface area contributed by atoms with E-state index in [1.54, 1.807) is 0 Å². The zero-order chi connectivity index (χ0) is 14.3. The molecule has 0 radical (unpaired) electrons. The van der Waals surface area contributed by atoms with Crippen LogP contribution in [0.5, 0.6) is 0 Å². The molecule has 2 bridgehead atoms. The minimum atomic E-state index is -1.15. The van der Waals surface area contributed by atoms with Crippen LogP contribution in [0.15, 0.2) is 12.1 Å². The van der Waals surface area contributed by atoms with E-state index in [2.05, 4.69) is 5.32 Å². The molecule has 0 aromatic heterocycles. The first kappa shape index (κ1) is 13.9. The van der Waals surface area contributed by atoms with Crippen LogP contribution in [0.25, 0.3) is 0 Å². The summed E-state index contributed by atoms with van der Waals surface area (Å²) in [6.07, 6.45) is 4.58. The molecule has 2 heterocycles. The van der Waals surface area contributed by atoms with Crippen molar-refractivity contribution in [2.24, 2.45) is 11.7 Å². The number of halogens is 3. The summed E-state index contributed by atoms with van der Waals surface area (Å²) in [4.78, 5) is 0. The summed E-state index contributed by atoms with van der Waals surface area (Å²) >= 11 is 0. The van der Waals surface area contributed by atoms with Crippen LogP contribution in [0.4, 0.5) is 13.2 Å². The fourth-order valence-electron chi connectivity index (χ4n) is 3.59. The van der Waals surface area contributed by atoms with E-state index in [-0.39, 0.29) is 18.0 Å². The van der Waals surface area contributed by atoms with Crippen molar-refractivity contribution < 1.29 is 13.2 Å². The zero-order valence-corrected chi connectivity index (χ0v) is 11.2. The normalized spacial score (nSPS) is 30.5. The Balaban J connectivity index is 1.69. The van der Waals surface area contributed by atoms with Gasteiger partial charge in [-0.1, -0.05) is 0 Å². The summed E-state index contributed by atoms with van der Waals surface area (Å²) in [5, 5.41) is 3.53. The van der Waals surface area contributed by atoms with Gasteiger partial charge in [-0.15, -0.1) is 0 Å². The number of nitrogens with one attached hydrogen (secondary N) is 1. The van der Waals surface area contributed by atoms with Crippen molar-refractivity contribution in [3.63, 3.8) is 0 Å². The fraction of sp³-hybridized carbons (Fsp3) is 0.600. The molecule has 3 N–H and O–H groups in total. The standard InChI is InChI=1S/C15H19F3N2/c16-12-7-14(18)13(17)5-8(12)6-15(19)9-3-10-1-2-11(4-9)20-10/h5,7,9-11,15,20H,1-4,6,19H2/t9?,10-,11+,15-/m0/s1. The number of piperidine rings is 1. The Kier molecular flexibility index (Phi) is 3.73. The van der Waals surface area contributed by atoms with Crippen LogP contribution in [-0.4, -0.2) is 18.1 Å². The van der Waals surface area contributed by atoms with Crippen molar-refractivity contribution in [1.82, 2.24) is 5.32 Å². The number of hydrogen-bond acceptors (Lipinski definition) is 2. The molecule has 5 heteroatoms. The molecule has 1 unspecified atom stereocenters. The molecule has 0 aliphatic carbocycles. The number of rotatable bonds is 3. The molecule has 0 spiro atoms. The van der Waals surface area contributed by atoms with Gasteiger partial charge in [-0.3, -0.25) is 0 Å². The Labute approximate surface area is 116 Å². The third-order valence-electron chi connectivity index (χ3n) is 4.66. The highest BCUT2D eigenvalue weighted by Crippen LogP contribution is 2.33. The Hall–Kier alpha value is -1.07. The summed E-state index contributed by atoms with van der Waals surface area (Å²) in [6, 6.07) is 2.35. The number of hydrogen-bond donors (Lipinski definition) is 2. The van der Waals surface area contributed by atoms with Gasteiger partial charge in [0.1, 0.15) is 5.82 Å². The zero-order valence-electron chi connectivity index (χ0n) is 11.2. The van der Waals surface area contributed by atoms with Gasteiger partial charge in [0.05, 0.1) is 0 Å². The Morgan fingerprint density at radius 2 is 1.65 bits per heavy atom. The predicted molar refractivity (Wildman–Crippen MR) is 70.7 cm³/mol. The monoisotopic (exact) mass is 284 g/mol. The summed E-state index contributed by atoms with van der Waals surface area (Å²) in [5.74, 6) is -2.56. The van der Waals surface area contributed by atoms with E-state index in [1.165, 1.54) is 12.8 Å². The lowest BCUT2D eigenvalue weighted by molar-refractivity contribution is 0.259. The average molecular weight is 284 g/mol. The molecule has 2 fully saturated rings. The van der Waals surface area contributed by atoms with Crippen molar-refractivity contribution in [3.8, 4) is 0 Å². The minimum Gasteiger partial charge on any atom is -0.327 e. The topological polar surface area (TPSA) is 38.0 Å². The lowest BCUT2D eigenvalue weighted by Crippen LogP contribution is -2.45. The van der Waals surface area contributed by atoms with Gasteiger partial charge in [0, 0.05) is 24.2 Å². The van der Waals surface area contributed by atoms with Gasteiger partial charge in [-0.05, 0) is 49.7 Å². The van der Waals surface area contributed by atoms with Crippen LogP contribution < -0.4 is 11.1 Å². The molecule has 2 aliphatic heterocycles. The molecule has 2 saturated heterocycles. The molecule has 2 aliphatic rings. The summed E-state index contributed by atoms with van der Waals surface area (Å²) in [5.41, 5.74) is 6.35. The summed E-state index contributed by atoms with van der Waals surface area (Å²) in [6.45, 7) is 0. The molecule has 0 saturated carbocycles. The van der Waals surface area contributed by atoms with Crippen LogP contribution in [0.1, 0.15) is 31.2 Å². The maximum absolute atomic E-state index is 13.6. The summed E-state index contributed by atoms with van der Waals surface area (Å²) in [7, 11) is 0. The van der Waals surface area contributed by atoms with Gasteiger partial charge in [0.15, 0.2) is 11.6 Å². The van der Waals surface area contributed by atoms with Crippen molar-refractivity contribution in [3.05, 3.63) is 35.1 Å². The molecule has 1 aromatic carbocycles. The van der Waals surface area contributed by atoms with E-state index >= 15 is 0 Å². The van der Waals surface area contributed by atoms with Crippen LogP contribution in [-0.2, 0) is 6.42 Å². The van der Waals surface area contributed by atoms with Crippen molar-refractivity contribution in [1.29, 1.82) is 0 Å². The van der Waals surface area contributed by atoms with Crippen LogP contribution in [0, 0.1) is 23.4 Å². The molecule has 0 amide bonds. The Bertz CT molecular complexity index is 494. The Morgan fingerprint density at radius 3 is 2.30 bits per heavy atom. The molecular formula is C15H19F3N2. The van der Waals surface area contributed by atoms with Crippen molar-refractivity contribution >= 4 is 0 Å². The van der Waals surface area contributed by atoms with Crippen LogP contribution >= 0.6 is 0 Å². The highest BCUT2D eigenvalue weighted by atomic mass is 19.2. The highest BCUT2D eigenvalue weighted by Gasteiger charge is 2.36. The Morgan fingerprint density at radius 1 is 1.05 bits per heavy atom. The average Bonchev–Trinajstić information content (AvgIpc) is 2.74. The first-order valence-electron chi connectivity index (χ1n) is 7.18. The molecule has 3 rings (SSSR count). The maximum Gasteiger partial charge on any atom is 0.161 e. The molecule has 1 aromatic rings. The van der Waals surface area contributed by atoms with Crippen molar-refractivity contribution in [2.75, 3.05) is 0 Å². The van der Waals surface area contributed by atoms with E-state index in [1.807, 2.05) is 0 Å². The quantitative estimate of drug-likeness (QED) is 0.837. The van der Waals surface area contributed by atoms with E-state index in [4.69, 9.17) is 5.73 Å². The van der Waals surface area contributed by atoms with E-state index < -0.39 is 17.5 Å². The van der Waals surface area contributed by atoms with E-state index in [0.717, 1.165) is 18.9 Å². The number of nitrogens with two attached hydrogens (primary N) is 1. The number of benzene rings is 1. The maximum atomic E-state index is 13.6. The van der Waals surface area contributed by atoms with E-state index in [0.29, 0.717) is 24.1 Å². The lowest BCUT2D eigenvalue weighted by atomic mass is 9.84. The second-order valence-electron chi connectivity index (χ2n) is 6.10. The van der Waals surface area contributed by atoms with Gasteiger partial charge in [-0.25, -0.2) is 13.2 Å². The predicted octanol–water partition coefficient (Wildman–Crippen LogP) is 2.50. The van der Waals surface area contributed by atoms with E-state index in [9.17, 15) is 13.2 Å². The molecule has 2 nitrogen and oxygen atoms in total. The van der Waals surface area contributed by atoms with Gasteiger partial charge < -0.3 is 11.1 Å². The molecule has 110 valence electrons. The highest BCUT2D eigenvalue weighted by molar-refractivity contribution is 5.21. The molecule has 4 atom stereocenters. The van der Waals surface area contributed by atoms with Gasteiger partial charge in [-0.2, -0.15) is 0 Å². The third-order valence-corrected chi connectivity index (χ3v) is 4.66. The first-order valence-corrected chi connectivity index (χ1v) is 7.18. The van der Waals surface area contributed by atoms with Crippen LogP contribution in [0.2, 0.25) is 0 Å². The first-order chi connectivity index (χ1) is 9.52. The smallest absolute Gasteiger partial charge is 0.161 e. The minimum absolute atomic E-state index is 0.169. The molecular weight excluding hydrogens is 265 g/mol. The molecule has 20 heavy (non-hydrogen) atoms. The largest absolute Gasteiger partial charge is 0.327 e. The second-order valence-corrected chi connectivity index (χ2v) is 6.10.